The van der Waals surface area contributed by atoms with Crippen molar-refractivity contribution in [2.75, 3.05) is 13.2 Å². The summed E-state index contributed by atoms with van der Waals surface area (Å²) in [6, 6.07) is 8.66. The maximum absolute atomic E-state index is 9.83. The van der Waals surface area contributed by atoms with Crippen LogP contribution in [0.5, 0.6) is 17.6 Å². The number of aromatic nitrogens is 3. The number of aromatic amines is 1. The number of halogens is 1. The number of fused-ring (bicyclic) bond motifs is 2. The first-order valence-corrected chi connectivity index (χ1v) is 9.49. The van der Waals surface area contributed by atoms with Crippen molar-refractivity contribution in [1.29, 1.82) is 0 Å². The van der Waals surface area contributed by atoms with Gasteiger partial charge in [0.25, 0.3) is 6.01 Å². The van der Waals surface area contributed by atoms with E-state index < -0.39 is 6.10 Å². The molecule has 4 heterocycles. The molecular weight excluding hydrogens is 402 g/mol. The van der Waals surface area contributed by atoms with Gasteiger partial charge in [-0.15, -0.1) is 0 Å². The summed E-state index contributed by atoms with van der Waals surface area (Å²) in [5.41, 5.74) is 1.76. The molecule has 0 saturated carbocycles. The molecule has 1 unspecified atom stereocenters. The third kappa shape index (κ3) is 3.58. The van der Waals surface area contributed by atoms with Gasteiger partial charge in [0.05, 0.1) is 18.7 Å². The number of aliphatic hydroxyl groups is 1. The van der Waals surface area contributed by atoms with Crippen LogP contribution in [0.1, 0.15) is 5.56 Å². The van der Waals surface area contributed by atoms with E-state index in [1.807, 2.05) is 6.07 Å². The molecule has 0 radical (unpaired) electrons. The molecule has 2 fully saturated rings. The summed E-state index contributed by atoms with van der Waals surface area (Å²) in [4.78, 5) is 11.7. The van der Waals surface area contributed by atoms with Gasteiger partial charge in [0.1, 0.15) is 35.7 Å². The van der Waals surface area contributed by atoms with E-state index in [1.54, 1.807) is 24.3 Å². The summed E-state index contributed by atoms with van der Waals surface area (Å²) in [5, 5.41) is 19.7. The number of phenols is 1. The van der Waals surface area contributed by atoms with Crippen molar-refractivity contribution >= 4 is 22.8 Å². The molecule has 29 heavy (non-hydrogen) atoms. The molecular formula is C19H18ClN3O6. The van der Waals surface area contributed by atoms with Crippen molar-refractivity contribution in [3.8, 4) is 17.6 Å². The topological polar surface area (TPSA) is 119 Å². The molecule has 2 aromatic heterocycles. The fourth-order valence-electron chi connectivity index (χ4n) is 3.52. The number of phenolic OH excluding ortho intramolecular Hbond substituents is 1. The van der Waals surface area contributed by atoms with E-state index in [2.05, 4.69) is 15.0 Å². The van der Waals surface area contributed by atoms with Gasteiger partial charge in [-0.25, -0.2) is 0 Å². The number of benzene rings is 1. The molecule has 3 N–H and O–H groups in total. The second-order valence-corrected chi connectivity index (χ2v) is 7.37. The maximum atomic E-state index is 9.83. The summed E-state index contributed by atoms with van der Waals surface area (Å²) in [6.07, 6.45) is -1.74. The quantitative estimate of drug-likeness (QED) is 0.572. The van der Waals surface area contributed by atoms with Gasteiger partial charge in [-0.1, -0.05) is 23.7 Å². The highest BCUT2D eigenvalue weighted by atomic mass is 35.5. The molecule has 0 spiro atoms. The molecule has 0 amide bonds. The second-order valence-electron chi connectivity index (χ2n) is 6.97. The average molecular weight is 420 g/mol. The summed E-state index contributed by atoms with van der Waals surface area (Å²) in [6.45, 7) is 0.727. The van der Waals surface area contributed by atoms with Gasteiger partial charge in [0.15, 0.2) is 11.8 Å². The second kappa shape index (κ2) is 7.34. The number of H-pyrrole nitrogens is 1. The smallest absolute Gasteiger partial charge is 0.296 e. The zero-order chi connectivity index (χ0) is 20.0. The predicted octanol–water partition coefficient (Wildman–Crippen LogP) is 1.80. The zero-order valence-electron chi connectivity index (χ0n) is 15.1. The molecule has 2 aliphatic rings. The minimum absolute atomic E-state index is 0.159. The Kier molecular flexibility index (Phi) is 4.67. The number of hydrogen-bond acceptors (Lipinski definition) is 8. The SMILES string of the molecule is Oc1cccc(COc2nc3nc(O[C@@H]4COC5[C@H](O)CO[C@@H]54)[nH]c3cc2Cl)c1. The normalized spacial score (nSPS) is 26.0. The number of aromatic hydroxyl groups is 1. The Morgan fingerprint density at radius 3 is 2.90 bits per heavy atom. The molecule has 0 aliphatic carbocycles. The lowest BCUT2D eigenvalue weighted by Crippen LogP contribution is -2.34. The number of pyridine rings is 1. The molecule has 3 aromatic rings. The minimum atomic E-state index is -0.643. The predicted molar refractivity (Wildman–Crippen MR) is 101 cm³/mol. The fourth-order valence-corrected chi connectivity index (χ4v) is 3.73. The molecule has 5 rings (SSSR count). The van der Waals surface area contributed by atoms with Crippen molar-refractivity contribution in [3.05, 3.63) is 40.9 Å². The molecule has 2 saturated heterocycles. The van der Waals surface area contributed by atoms with Crippen LogP contribution in [0.4, 0.5) is 0 Å². The van der Waals surface area contributed by atoms with Crippen LogP contribution in [0.15, 0.2) is 30.3 Å². The van der Waals surface area contributed by atoms with E-state index in [-0.39, 0.29) is 49.2 Å². The van der Waals surface area contributed by atoms with Crippen molar-refractivity contribution in [2.24, 2.45) is 0 Å². The number of nitrogens with one attached hydrogen (secondary N) is 1. The van der Waals surface area contributed by atoms with E-state index in [0.29, 0.717) is 22.8 Å². The van der Waals surface area contributed by atoms with E-state index in [9.17, 15) is 10.2 Å². The zero-order valence-corrected chi connectivity index (χ0v) is 15.9. The molecule has 152 valence electrons. The number of nitrogens with zero attached hydrogens (tertiary/aromatic N) is 2. The van der Waals surface area contributed by atoms with Crippen LogP contribution >= 0.6 is 11.6 Å². The van der Waals surface area contributed by atoms with Crippen molar-refractivity contribution in [2.45, 2.75) is 31.0 Å². The van der Waals surface area contributed by atoms with Crippen LogP contribution in [-0.2, 0) is 16.1 Å². The van der Waals surface area contributed by atoms with Crippen LogP contribution in [0, 0.1) is 0 Å². The summed E-state index contributed by atoms with van der Waals surface area (Å²) >= 11 is 6.28. The Balaban J connectivity index is 1.31. The van der Waals surface area contributed by atoms with Crippen LogP contribution in [0.2, 0.25) is 5.02 Å². The number of ether oxygens (including phenoxy) is 4. The highest BCUT2D eigenvalue weighted by Gasteiger charge is 2.48. The molecule has 0 bridgehead atoms. The van der Waals surface area contributed by atoms with Gasteiger partial charge in [-0.05, 0) is 23.8 Å². The lowest BCUT2D eigenvalue weighted by molar-refractivity contribution is 0.00706. The third-order valence-corrected chi connectivity index (χ3v) is 5.17. The number of hydrogen-bond donors (Lipinski definition) is 3. The van der Waals surface area contributed by atoms with Crippen molar-refractivity contribution in [1.82, 2.24) is 15.0 Å². The lowest BCUT2D eigenvalue weighted by atomic mass is 10.1. The van der Waals surface area contributed by atoms with Gasteiger partial charge in [-0.3, -0.25) is 0 Å². The molecule has 10 heteroatoms. The monoisotopic (exact) mass is 419 g/mol. The minimum Gasteiger partial charge on any atom is -0.508 e. The number of imidazole rings is 1. The Morgan fingerprint density at radius 1 is 1.17 bits per heavy atom. The highest BCUT2D eigenvalue weighted by Crippen LogP contribution is 2.31. The highest BCUT2D eigenvalue weighted by molar-refractivity contribution is 6.32. The largest absolute Gasteiger partial charge is 0.508 e. The first-order valence-electron chi connectivity index (χ1n) is 9.12. The first kappa shape index (κ1) is 18.4. The standard InChI is InChI=1S/C19H18ClN3O6/c20-11-5-12-17(22-18(11)28-6-9-2-1-3-10(24)4-9)23-19(21-12)29-14-8-27-15-13(25)7-26-16(14)15/h1-5,13-16,24-25H,6-8H2,(H,21,22,23)/t13-,14-,15?,16-/m1/s1. The van der Waals surface area contributed by atoms with Crippen LogP contribution in [-0.4, -0.2) is 62.8 Å². The number of rotatable bonds is 5. The maximum Gasteiger partial charge on any atom is 0.296 e. The van der Waals surface area contributed by atoms with E-state index in [4.69, 9.17) is 30.5 Å². The van der Waals surface area contributed by atoms with Crippen LogP contribution in [0.25, 0.3) is 11.2 Å². The van der Waals surface area contributed by atoms with Gasteiger partial charge in [0.2, 0.25) is 5.88 Å². The Bertz CT molecular complexity index is 1040. The van der Waals surface area contributed by atoms with Gasteiger partial charge >= 0.3 is 0 Å². The molecule has 4 atom stereocenters. The van der Waals surface area contributed by atoms with Crippen molar-refractivity contribution in [3.63, 3.8) is 0 Å². The first-order chi connectivity index (χ1) is 14.1. The van der Waals surface area contributed by atoms with E-state index in [0.717, 1.165) is 5.56 Å². The Labute approximate surface area is 170 Å². The summed E-state index contributed by atoms with van der Waals surface area (Å²) in [7, 11) is 0. The fraction of sp³-hybridized carbons (Fsp3) is 0.368. The number of aliphatic hydroxyl groups excluding tert-OH is 1. The van der Waals surface area contributed by atoms with Crippen molar-refractivity contribution < 1.29 is 29.2 Å². The lowest BCUT2D eigenvalue weighted by Gasteiger charge is -2.15. The van der Waals surface area contributed by atoms with Crippen LogP contribution < -0.4 is 9.47 Å². The van der Waals surface area contributed by atoms with E-state index >= 15 is 0 Å². The van der Waals surface area contributed by atoms with Crippen LogP contribution in [0.3, 0.4) is 0 Å². The third-order valence-electron chi connectivity index (χ3n) is 4.90. The summed E-state index contributed by atoms with van der Waals surface area (Å²) in [5.74, 6) is 0.388. The van der Waals surface area contributed by atoms with E-state index in [1.165, 1.54) is 0 Å². The molecule has 1 aromatic carbocycles. The molecule has 2 aliphatic heterocycles. The molecule has 9 nitrogen and oxygen atoms in total. The van der Waals surface area contributed by atoms with Gasteiger partial charge in [-0.2, -0.15) is 9.97 Å². The summed E-state index contributed by atoms with van der Waals surface area (Å²) < 4.78 is 22.7. The van der Waals surface area contributed by atoms with Gasteiger partial charge < -0.3 is 34.1 Å². The Morgan fingerprint density at radius 2 is 2.03 bits per heavy atom. The van der Waals surface area contributed by atoms with Gasteiger partial charge in [0, 0.05) is 0 Å². The average Bonchev–Trinajstić information content (AvgIpc) is 3.37. The Hall–Kier alpha value is -2.59.